The Kier molecular flexibility index (Phi) is 5.22. The molecule has 1 heterocycles. The highest BCUT2D eigenvalue weighted by atomic mass is 35.5. The van der Waals surface area contributed by atoms with Crippen LogP contribution in [0.3, 0.4) is 0 Å². The molecule has 2 aromatic rings. The van der Waals surface area contributed by atoms with Crippen molar-refractivity contribution in [3.8, 4) is 0 Å². The highest BCUT2D eigenvalue weighted by Gasteiger charge is 2.10. The number of halogens is 2. The molecule has 0 bridgehead atoms. The molecule has 1 N–H and O–H groups in total. The van der Waals surface area contributed by atoms with Crippen molar-refractivity contribution in [1.82, 2.24) is 20.2 Å². The normalized spacial score (nSPS) is 10.7. The van der Waals surface area contributed by atoms with Crippen molar-refractivity contribution < 1.29 is 9.90 Å². The van der Waals surface area contributed by atoms with E-state index in [-0.39, 0.29) is 5.75 Å². The van der Waals surface area contributed by atoms with Crippen LogP contribution >= 0.6 is 35.0 Å². The van der Waals surface area contributed by atoms with Gasteiger partial charge in [0, 0.05) is 16.6 Å². The number of aliphatic carboxylic acids is 1. The molecule has 0 saturated heterocycles. The lowest BCUT2D eigenvalue weighted by atomic mass is 10.1. The third kappa shape index (κ3) is 4.09. The second-order valence-electron chi connectivity index (χ2n) is 3.85. The fraction of sp³-hybridized carbons (Fsp3) is 0.273. The lowest BCUT2D eigenvalue weighted by molar-refractivity contribution is -0.133. The standard InChI is InChI=1S/C11H10Cl2N4O2S/c12-8-2-1-7(9(13)5-8)3-4-17-11(14-15-16-17)20-6-10(18)19/h1-2,5H,3-4,6H2,(H,18,19). The average molecular weight is 333 g/mol. The second-order valence-corrected chi connectivity index (χ2v) is 5.64. The summed E-state index contributed by atoms with van der Waals surface area (Å²) in [6.07, 6.45) is 0.627. The van der Waals surface area contributed by atoms with Gasteiger partial charge in [0.15, 0.2) is 0 Å². The van der Waals surface area contributed by atoms with Gasteiger partial charge in [0.1, 0.15) is 0 Å². The molecule has 0 spiro atoms. The summed E-state index contributed by atoms with van der Waals surface area (Å²) in [5, 5.41) is 21.4. The first-order chi connectivity index (χ1) is 9.56. The molecular weight excluding hydrogens is 323 g/mol. The van der Waals surface area contributed by atoms with Crippen molar-refractivity contribution >= 4 is 40.9 Å². The van der Waals surface area contributed by atoms with Gasteiger partial charge in [-0.15, -0.1) is 5.10 Å². The van der Waals surface area contributed by atoms with E-state index in [1.54, 1.807) is 16.8 Å². The molecule has 1 aromatic heterocycles. The van der Waals surface area contributed by atoms with Crippen molar-refractivity contribution in [2.24, 2.45) is 0 Å². The first kappa shape index (κ1) is 15.1. The average Bonchev–Trinajstić information content (AvgIpc) is 2.83. The zero-order chi connectivity index (χ0) is 14.5. The number of aryl methyl sites for hydroxylation is 2. The van der Waals surface area contributed by atoms with Gasteiger partial charge in [0.25, 0.3) is 0 Å². The summed E-state index contributed by atoms with van der Waals surface area (Å²) < 4.78 is 1.55. The molecule has 0 saturated carbocycles. The van der Waals surface area contributed by atoms with Gasteiger partial charge >= 0.3 is 5.97 Å². The Bertz CT molecular complexity index is 620. The van der Waals surface area contributed by atoms with Gasteiger partial charge in [-0.2, -0.15) is 0 Å². The summed E-state index contributed by atoms with van der Waals surface area (Å²) in [5.41, 5.74) is 0.931. The van der Waals surface area contributed by atoms with E-state index < -0.39 is 5.97 Å². The molecule has 2 rings (SSSR count). The van der Waals surface area contributed by atoms with Gasteiger partial charge in [0.05, 0.1) is 5.75 Å². The third-order valence-corrected chi connectivity index (χ3v) is 3.96. The number of carboxylic acid groups (broad SMARTS) is 1. The van der Waals surface area contributed by atoms with Crippen LogP contribution in [0.5, 0.6) is 0 Å². The highest BCUT2D eigenvalue weighted by Crippen LogP contribution is 2.22. The SMILES string of the molecule is O=C(O)CSc1nnnn1CCc1ccc(Cl)cc1Cl. The minimum absolute atomic E-state index is 0.0813. The molecule has 0 aliphatic carbocycles. The van der Waals surface area contributed by atoms with Crippen LogP contribution in [-0.4, -0.2) is 37.0 Å². The number of benzene rings is 1. The van der Waals surface area contributed by atoms with Gasteiger partial charge in [-0.1, -0.05) is 41.0 Å². The molecule has 0 aliphatic heterocycles. The second kappa shape index (κ2) is 6.92. The van der Waals surface area contributed by atoms with E-state index in [2.05, 4.69) is 15.5 Å². The molecule has 0 aliphatic rings. The summed E-state index contributed by atoms with van der Waals surface area (Å²) in [7, 11) is 0. The number of hydrogen-bond donors (Lipinski definition) is 1. The number of carbonyl (C=O) groups is 1. The van der Waals surface area contributed by atoms with Crippen LogP contribution < -0.4 is 0 Å². The number of aromatic nitrogens is 4. The number of carboxylic acids is 1. The molecule has 20 heavy (non-hydrogen) atoms. The van der Waals surface area contributed by atoms with Gasteiger partial charge < -0.3 is 5.11 Å². The zero-order valence-corrected chi connectivity index (χ0v) is 12.5. The van der Waals surface area contributed by atoms with Gasteiger partial charge in [-0.05, 0) is 34.5 Å². The van der Waals surface area contributed by atoms with Crippen LogP contribution in [0.4, 0.5) is 0 Å². The molecule has 0 unspecified atom stereocenters. The molecule has 6 nitrogen and oxygen atoms in total. The summed E-state index contributed by atoms with van der Waals surface area (Å²) in [6.45, 7) is 0.510. The van der Waals surface area contributed by atoms with Crippen LogP contribution in [-0.2, 0) is 17.8 Å². The smallest absolute Gasteiger partial charge is 0.313 e. The van der Waals surface area contributed by atoms with E-state index in [1.165, 1.54) is 0 Å². The van der Waals surface area contributed by atoms with E-state index in [1.807, 2.05) is 6.07 Å². The van der Waals surface area contributed by atoms with Crippen LogP contribution in [0, 0.1) is 0 Å². The zero-order valence-electron chi connectivity index (χ0n) is 10.2. The first-order valence-electron chi connectivity index (χ1n) is 5.61. The predicted octanol–water partition coefficient (Wildman–Crippen LogP) is 2.40. The van der Waals surface area contributed by atoms with E-state index >= 15 is 0 Å². The number of nitrogens with zero attached hydrogens (tertiary/aromatic N) is 4. The van der Waals surface area contributed by atoms with Gasteiger partial charge in [0.2, 0.25) is 5.16 Å². The van der Waals surface area contributed by atoms with Crippen molar-refractivity contribution in [2.45, 2.75) is 18.1 Å². The maximum absolute atomic E-state index is 10.5. The van der Waals surface area contributed by atoms with Gasteiger partial charge in [-0.25, -0.2) is 4.68 Å². The fourth-order valence-electron chi connectivity index (χ4n) is 1.52. The Morgan fingerprint density at radius 1 is 1.40 bits per heavy atom. The summed E-state index contributed by atoms with van der Waals surface area (Å²) in [6, 6.07) is 5.29. The predicted molar refractivity (Wildman–Crippen MR) is 76.3 cm³/mol. The van der Waals surface area contributed by atoms with Crippen molar-refractivity contribution in [1.29, 1.82) is 0 Å². The molecular formula is C11H10Cl2N4O2S. The summed E-state index contributed by atoms with van der Waals surface area (Å²) in [4.78, 5) is 10.5. The largest absolute Gasteiger partial charge is 0.481 e. The quantitative estimate of drug-likeness (QED) is 0.818. The van der Waals surface area contributed by atoms with E-state index in [0.29, 0.717) is 28.2 Å². The monoisotopic (exact) mass is 332 g/mol. The number of tetrazole rings is 1. The number of hydrogen-bond acceptors (Lipinski definition) is 5. The van der Waals surface area contributed by atoms with Gasteiger partial charge in [-0.3, -0.25) is 4.79 Å². The molecule has 0 radical (unpaired) electrons. The number of rotatable bonds is 6. The molecule has 0 amide bonds. The van der Waals surface area contributed by atoms with Crippen molar-refractivity contribution in [3.05, 3.63) is 33.8 Å². The molecule has 0 fully saturated rings. The van der Waals surface area contributed by atoms with E-state index in [0.717, 1.165) is 17.3 Å². The molecule has 0 atom stereocenters. The fourth-order valence-corrected chi connectivity index (χ4v) is 2.64. The van der Waals surface area contributed by atoms with E-state index in [9.17, 15) is 4.79 Å². The topological polar surface area (TPSA) is 80.9 Å². The van der Waals surface area contributed by atoms with E-state index in [4.69, 9.17) is 28.3 Å². The minimum Gasteiger partial charge on any atom is -0.481 e. The van der Waals surface area contributed by atoms with Crippen LogP contribution in [0.25, 0.3) is 0 Å². The third-order valence-electron chi connectivity index (χ3n) is 2.43. The maximum Gasteiger partial charge on any atom is 0.313 e. The Labute approximate surface area is 129 Å². The highest BCUT2D eigenvalue weighted by molar-refractivity contribution is 7.99. The van der Waals surface area contributed by atoms with Crippen molar-refractivity contribution in [2.75, 3.05) is 5.75 Å². The Hall–Kier alpha value is -1.31. The maximum atomic E-state index is 10.5. The van der Waals surface area contributed by atoms with Crippen molar-refractivity contribution in [3.63, 3.8) is 0 Å². The summed E-state index contributed by atoms with van der Waals surface area (Å²) >= 11 is 13.0. The Morgan fingerprint density at radius 3 is 2.90 bits per heavy atom. The van der Waals surface area contributed by atoms with Crippen LogP contribution in [0.15, 0.2) is 23.4 Å². The first-order valence-corrected chi connectivity index (χ1v) is 7.35. The lowest BCUT2D eigenvalue weighted by Crippen LogP contribution is -2.07. The Morgan fingerprint density at radius 2 is 2.20 bits per heavy atom. The summed E-state index contributed by atoms with van der Waals surface area (Å²) in [5.74, 6) is -0.993. The number of thioether (sulfide) groups is 1. The minimum atomic E-state index is -0.912. The van der Waals surface area contributed by atoms with Crippen LogP contribution in [0.2, 0.25) is 10.0 Å². The van der Waals surface area contributed by atoms with Crippen LogP contribution in [0.1, 0.15) is 5.56 Å². The molecule has 106 valence electrons. The molecule has 9 heteroatoms. The molecule has 1 aromatic carbocycles. The lowest BCUT2D eigenvalue weighted by Gasteiger charge is -2.06. The Balaban J connectivity index is 2.00.